The predicted molar refractivity (Wildman–Crippen MR) is 68.8 cm³/mol. The van der Waals surface area contributed by atoms with E-state index < -0.39 is 0 Å². The first kappa shape index (κ1) is 14.9. The molecule has 0 aliphatic rings. The second kappa shape index (κ2) is 7.31. The number of aliphatic hydroxyl groups excluding tert-OH is 1. The number of hydrogen-bond donors (Lipinski definition) is 2. The van der Waals surface area contributed by atoms with Crippen LogP contribution in [0.5, 0.6) is 0 Å². The fourth-order valence-electron chi connectivity index (χ4n) is 1.51. The van der Waals surface area contributed by atoms with Crippen molar-refractivity contribution in [2.24, 2.45) is 0 Å². The Bertz CT molecular complexity index is 406. The van der Waals surface area contributed by atoms with Crippen LogP contribution in [-0.4, -0.2) is 42.4 Å². The summed E-state index contributed by atoms with van der Waals surface area (Å²) in [5.41, 5.74) is 1.07. The summed E-state index contributed by atoms with van der Waals surface area (Å²) in [5, 5.41) is 12.0. The van der Waals surface area contributed by atoms with E-state index in [1.54, 1.807) is 13.0 Å². The zero-order valence-electron chi connectivity index (χ0n) is 10.4. The molecule has 0 saturated carbocycles. The van der Waals surface area contributed by atoms with Crippen LogP contribution in [0.1, 0.15) is 22.5 Å². The highest BCUT2D eigenvalue weighted by Gasteiger charge is 2.16. The maximum absolute atomic E-state index is 12.0. The molecule has 0 aromatic carbocycles. The van der Waals surface area contributed by atoms with Crippen LogP contribution in [-0.2, 0) is 4.74 Å². The Kier molecular flexibility index (Phi) is 6.04. The zero-order valence-corrected chi connectivity index (χ0v) is 11.2. The number of pyridine rings is 1. The van der Waals surface area contributed by atoms with Crippen LogP contribution in [0.15, 0.2) is 12.3 Å². The first-order valence-electron chi connectivity index (χ1n) is 5.61. The lowest BCUT2D eigenvalue weighted by Gasteiger charge is -2.17. The Balaban J connectivity index is 2.73. The highest BCUT2D eigenvalue weighted by molar-refractivity contribution is 6.33. The third-order valence-electron chi connectivity index (χ3n) is 2.42. The largest absolute Gasteiger partial charge is 0.396 e. The number of hydrogen-bond acceptors (Lipinski definition) is 4. The number of nitrogens with zero attached hydrogens (tertiary/aromatic N) is 1. The van der Waals surface area contributed by atoms with Crippen molar-refractivity contribution in [2.45, 2.75) is 19.4 Å². The van der Waals surface area contributed by atoms with E-state index >= 15 is 0 Å². The molecule has 0 fully saturated rings. The van der Waals surface area contributed by atoms with Gasteiger partial charge in [0.1, 0.15) is 0 Å². The third-order valence-corrected chi connectivity index (χ3v) is 2.73. The second-order valence-corrected chi connectivity index (χ2v) is 4.35. The number of carbonyl (C=O) groups excluding carboxylic acids is 1. The lowest BCUT2D eigenvalue weighted by atomic mass is 10.2. The summed E-state index contributed by atoms with van der Waals surface area (Å²) in [6, 6.07) is 1.39. The summed E-state index contributed by atoms with van der Waals surface area (Å²) in [6.07, 6.45) is 1.87. The molecular formula is C12H17ClN2O3. The van der Waals surface area contributed by atoms with Gasteiger partial charge in [0.2, 0.25) is 0 Å². The minimum absolute atomic E-state index is 0.0197. The molecule has 1 amide bonds. The van der Waals surface area contributed by atoms with Crippen molar-refractivity contribution in [1.82, 2.24) is 10.3 Å². The molecule has 0 aliphatic heterocycles. The van der Waals surface area contributed by atoms with Gasteiger partial charge in [-0.25, -0.2) is 0 Å². The van der Waals surface area contributed by atoms with Gasteiger partial charge < -0.3 is 15.2 Å². The molecule has 1 atom stereocenters. The molecule has 0 radical (unpaired) electrons. The molecule has 0 saturated heterocycles. The average molecular weight is 273 g/mol. The van der Waals surface area contributed by atoms with E-state index in [2.05, 4.69) is 10.3 Å². The van der Waals surface area contributed by atoms with Crippen molar-refractivity contribution in [3.05, 3.63) is 28.5 Å². The van der Waals surface area contributed by atoms with Gasteiger partial charge in [-0.2, -0.15) is 0 Å². The van der Waals surface area contributed by atoms with Crippen molar-refractivity contribution >= 4 is 17.5 Å². The van der Waals surface area contributed by atoms with Crippen molar-refractivity contribution in [3.8, 4) is 0 Å². The van der Waals surface area contributed by atoms with E-state index in [0.717, 1.165) is 5.69 Å². The number of aliphatic hydroxyl groups is 1. The zero-order chi connectivity index (χ0) is 13.5. The van der Waals surface area contributed by atoms with Gasteiger partial charge in [0.05, 0.1) is 23.2 Å². The molecular weight excluding hydrogens is 256 g/mol. The highest BCUT2D eigenvalue weighted by atomic mass is 35.5. The highest BCUT2D eigenvalue weighted by Crippen LogP contribution is 2.15. The van der Waals surface area contributed by atoms with Gasteiger partial charge in [-0.3, -0.25) is 9.78 Å². The van der Waals surface area contributed by atoms with Crippen molar-refractivity contribution in [3.63, 3.8) is 0 Å². The van der Waals surface area contributed by atoms with Crippen LogP contribution in [0.3, 0.4) is 0 Å². The molecule has 1 heterocycles. The standard InChI is InChI=1S/C12H17ClN2O3/c1-8-5-11(13)10(6-14-8)12(17)15-9(3-4-16)7-18-2/h5-6,9,16H,3-4,7H2,1-2H3,(H,15,17). The lowest BCUT2D eigenvalue weighted by Crippen LogP contribution is -2.38. The van der Waals surface area contributed by atoms with E-state index in [1.165, 1.54) is 13.3 Å². The van der Waals surface area contributed by atoms with Gasteiger partial charge in [0, 0.05) is 25.6 Å². The number of nitrogens with one attached hydrogen (secondary N) is 1. The van der Waals surface area contributed by atoms with Crippen LogP contribution in [0.25, 0.3) is 0 Å². The minimum Gasteiger partial charge on any atom is -0.396 e. The van der Waals surface area contributed by atoms with Gasteiger partial charge in [-0.1, -0.05) is 11.6 Å². The summed E-state index contributed by atoms with van der Waals surface area (Å²) in [4.78, 5) is 16.0. The minimum atomic E-state index is -0.317. The number of methoxy groups -OCH3 is 1. The summed E-state index contributed by atoms with van der Waals surface area (Å²) >= 11 is 5.98. The number of ether oxygens (including phenoxy) is 1. The number of aromatic nitrogens is 1. The Morgan fingerprint density at radius 1 is 1.67 bits per heavy atom. The van der Waals surface area contributed by atoms with E-state index in [4.69, 9.17) is 21.4 Å². The second-order valence-electron chi connectivity index (χ2n) is 3.94. The monoisotopic (exact) mass is 272 g/mol. The van der Waals surface area contributed by atoms with Gasteiger partial charge in [-0.05, 0) is 19.4 Å². The van der Waals surface area contributed by atoms with Gasteiger partial charge in [-0.15, -0.1) is 0 Å². The maximum atomic E-state index is 12.0. The Morgan fingerprint density at radius 2 is 2.39 bits per heavy atom. The molecule has 1 unspecified atom stereocenters. The first-order chi connectivity index (χ1) is 8.58. The summed E-state index contributed by atoms with van der Waals surface area (Å²) in [7, 11) is 1.54. The lowest BCUT2D eigenvalue weighted by molar-refractivity contribution is 0.0878. The van der Waals surface area contributed by atoms with Crippen LogP contribution in [0, 0.1) is 6.92 Å². The maximum Gasteiger partial charge on any atom is 0.254 e. The van der Waals surface area contributed by atoms with Crippen LogP contribution >= 0.6 is 11.6 Å². The van der Waals surface area contributed by atoms with Crippen LogP contribution in [0.4, 0.5) is 0 Å². The summed E-state index contributed by atoms with van der Waals surface area (Å²) in [6.45, 7) is 2.12. The Morgan fingerprint density at radius 3 is 2.94 bits per heavy atom. The molecule has 5 nitrogen and oxygen atoms in total. The number of rotatable bonds is 6. The van der Waals surface area contributed by atoms with Gasteiger partial charge in [0.25, 0.3) is 5.91 Å². The van der Waals surface area contributed by atoms with Crippen molar-refractivity contribution < 1.29 is 14.6 Å². The molecule has 1 aromatic heterocycles. The molecule has 100 valence electrons. The average Bonchev–Trinajstić information content (AvgIpc) is 2.29. The number of halogens is 1. The number of aryl methyl sites for hydroxylation is 1. The fourth-order valence-corrected chi connectivity index (χ4v) is 1.80. The van der Waals surface area contributed by atoms with Gasteiger partial charge >= 0.3 is 0 Å². The molecule has 0 aliphatic carbocycles. The van der Waals surface area contributed by atoms with Crippen molar-refractivity contribution in [2.75, 3.05) is 20.3 Å². The van der Waals surface area contributed by atoms with E-state index in [-0.39, 0.29) is 18.6 Å². The number of amides is 1. The summed E-state index contributed by atoms with van der Waals surface area (Å²) < 4.78 is 4.97. The fraction of sp³-hybridized carbons (Fsp3) is 0.500. The van der Waals surface area contributed by atoms with Crippen LogP contribution < -0.4 is 5.32 Å². The molecule has 2 N–H and O–H groups in total. The first-order valence-corrected chi connectivity index (χ1v) is 5.99. The molecule has 0 spiro atoms. The SMILES string of the molecule is COCC(CCO)NC(=O)c1cnc(C)cc1Cl. The van der Waals surface area contributed by atoms with E-state index in [0.29, 0.717) is 23.6 Å². The Labute approximate surface area is 111 Å². The molecule has 1 aromatic rings. The topological polar surface area (TPSA) is 71.5 Å². The van der Waals surface area contributed by atoms with Crippen molar-refractivity contribution in [1.29, 1.82) is 0 Å². The van der Waals surface area contributed by atoms with Crippen LogP contribution in [0.2, 0.25) is 5.02 Å². The third kappa shape index (κ3) is 4.25. The number of carbonyl (C=O) groups is 1. The Hall–Kier alpha value is -1.17. The molecule has 1 rings (SSSR count). The molecule has 0 bridgehead atoms. The predicted octanol–water partition coefficient (Wildman–Crippen LogP) is 1.17. The normalized spacial score (nSPS) is 12.2. The summed E-state index contributed by atoms with van der Waals surface area (Å²) in [5.74, 6) is -0.317. The molecule has 6 heteroatoms. The quantitative estimate of drug-likeness (QED) is 0.815. The van der Waals surface area contributed by atoms with E-state index in [9.17, 15) is 4.79 Å². The van der Waals surface area contributed by atoms with Gasteiger partial charge in [0.15, 0.2) is 0 Å². The molecule has 18 heavy (non-hydrogen) atoms. The smallest absolute Gasteiger partial charge is 0.254 e. The van der Waals surface area contributed by atoms with E-state index in [1.807, 2.05) is 0 Å².